The lowest BCUT2D eigenvalue weighted by atomic mass is 9.98. The van der Waals surface area contributed by atoms with Gasteiger partial charge >= 0.3 is 0 Å². The first-order valence-electron chi connectivity index (χ1n) is 5.81. The molecule has 0 aliphatic rings. The summed E-state index contributed by atoms with van der Waals surface area (Å²) < 4.78 is 26.6. The molecule has 0 unspecified atom stereocenters. The molecule has 0 heterocycles. The predicted molar refractivity (Wildman–Crippen MR) is 69.3 cm³/mol. The molecule has 1 nitrogen and oxygen atoms in total. The number of hydrogen-bond acceptors (Lipinski definition) is 1. The van der Waals surface area contributed by atoms with Crippen molar-refractivity contribution in [2.45, 2.75) is 13.5 Å². The van der Waals surface area contributed by atoms with Crippen LogP contribution in [0.1, 0.15) is 11.1 Å². The zero-order valence-corrected chi connectivity index (χ0v) is 10.4. The van der Waals surface area contributed by atoms with Crippen LogP contribution in [0.2, 0.25) is 0 Å². The number of nitrogens with one attached hydrogen (secondary N) is 1. The van der Waals surface area contributed by atoms with E-state index in [9.17, 15) is 8.78 Å². The molecule has 0 radical (unpaired) electrons. The molecule has 3 heteroatoms. The number of benzene rings is 2. The lowest BCUT2D eigenvalue weighted by Crippen LogP contribution is -2.05. The summed E-state index contributed by atoms with van der Waals surface area (Å²) in [5.74, 6) is -1.08. The molecule has 0 aromatic heterocycles. The number of rotatable bonds is 3. The van der Waals surface area contributed by atoms with Gasteiger partial charge in [-0.3, -0.25) is 0 Å². The van der Waals surface area contributed by atoms with Crippen molar-refractivity contribution < 1.29 is 8.78 Å². The molecule has 2 rings (SSSR count). The Morgan fingerprint density at radius 3 is 2.33 bits per heavy atom. The molecule has 0 aliphatic carbocycles. The summed E-state index contributed by atoms with van der Waals surface area (Å²) in [4.78, 5) is 0. The fraction of sp³-hybridized carbons (Fsp3) is 0.200. The third-order valence-corrected chi connectivity index (χ3v) is 2.89. The Hall–Kier alpha value is -1.74. The van der Waals surface area contributed by atoms with Crippen LogP contribution in [0.4, 0.5) is 8.78 Å². The molecule has 0 atom stereocenters. The zero-order valence-electron chi connectivity index (χ0n) is 10.4. The van der Waals surface area contributed by atoms with E-state index in [2.05, 4.69) is 5.32 Å². The zero-order chi connectivity index (χ0) is 13.1. The first kappa shape index (κ1) is 12.7. The van der Waals surface area contributed by atoms with Crippen molar-refractivity contribution in [1.82, 2.24) is 5.32 Å². The Kier molecular flexibility index (Phi) is 3.72. The summed E-state index contributed by atoms with van der Waals surface area (Å²) in [6.45, 7) is 2.70. The van der Waals surface area contributed by atoms with Crippen LogP contribution in [0, 0.1) is 18.6 Å². The summed E-state index contributed by atoms with van der Waals surface area (Å²) >= 11 is 0. The van der Waals surface area contributed by atoms with Gasteiger partial charge in [-0.2, -0.15) is 0 Å². The highest BCUT2D eigenvalue weighted by molar-refractivity contribution is 5.68. The van der Waals surface area contributed by atoms with Crippen molar-refractivity contribution in [2.24, 2.45) is 0 Å². The van der Waals surface area contributed by atoms with E-state index in [1.165, 1.54) is 12.1 Å². The van der Waals surface area contributed by atoms with Crippen molar-refractivity contribution in [2.75, 3.05) is 7.05 Å². The van der Waals surface area contributed by atoms with Crippen LogP contribution in [0.5, 0.6) is 0 Å². The smallest absolute Gasteiger partial charge is 0.133 e. The van der Waals surface area contributed by atoms with E-state index in [-0.39, 0.29) is 0 Å². The van der Waals surface area contributed by atoms with Crippen LogP contribution >= 0.6 is 0 Å². The van der Waals surface area contributed by atoms with Crippen molar-refractivity contribution in [3.63, 3.8) is 0 Å². The molecule has 2 aromatic carbocycles. The van der Waals surface area contributed by atoms with E-state index in [0.29, 0.717) is 5.56 Å². The summed E-state index contributed by atoms with van der Waals surface area (Å²) in [5.41, 5.74) is 3.35. The second-order valence-corrected chi connectivity index (χ2v) is 4.30. The fourth-order valence-corrected chi connectivity index (χ4v) is 2.05. The van der Waals surface area contributed by atoms with Gasteiger partial charge < -0.3 is 5.32 Å². The first-order chi connectivity index (χ1) is 8.61. The molecule has 1 N–H and O–H groups in total. The summed E-state index contributed by atoms with van der Waals surface area (Å²) in [6, 6.07) is 9.50. The van der Waals surface area contributed by atoms with E-state index in [1.807, 2.05) is 32.2 Å². The molecule has 0 fully saturated rings. The lowest BCUT2D eigenvalue weighted by Gasteiger charge is -2.09. The third kappa shape index (κ3) is 2.57. The Morgan fingerprint density at radius 1 is 1.00 bits per heavy atom. The fourth-order valence-electron chi connectivity index (χ4n) is 2.05. The maximum absolute atomic E-state index is 13.7. The van der Waals surface area contributed by atoms with Gasteiger partial charge in [0.25, 0.3) is 0 Å². The highest BCUT2D eigenvalue weighted by Gasteiger charge is 2.09. The van der Waals surface area contributed by atoms with Crippen LogP contribution in [-0.4, -0.2) is 7.05 Å². The number of aryl methyl sites for hydroxylation is 1. The predicted octanol–water partition coefficient (Wildman–Crippen LogP) is 3.66. The van der Waals surface area contributed by atoms with Crippen LogP contribution in [0.25, 0.3) is 11.1 Å². The van der Waals surface area contributed by atoms with Gasteiger partial charge in [-0.15, -0.1) is 0 Å². The monoisotopic (exact) mass is 247 g/mol. The molecule has 94 valence electrons. The Morgan fingerprint density at radius 2 is 1.72 bits per heavy atom. The minimum Gasteiger partial charge on any atom is -0.316 e. The van der Waals surface area contributed by atoms with Crippen molar-refractivity contribution in [3.8, 4) is 11.1 Å². The van der Waals surface area contributed by atoms with Gasteiger partial charge in [0, 0.05) is 18.2 Å². The van der Waals surface area contributed by atoms with Crippen LogP contribution < -0.4 is 5.32 Å². The largest absolute Gasteiger partial charge is 0.316 e. The van der Waals surface area contributed by atoms with Gasteiger partial charge in [-0.05, 0) is 42.8 Å². The molecule has 0 bridgehead atoms. The van der Waals surface area contributed by atoms with Crippen molar-refractivity contribution in [1.29, 1.82) is 0 Å². The van der Waals surface area contributed by atoms with Gasteiger partial charge in [0.1, 0.15) is 11.6 Å². The minimum absolute atomic E-state index is 0.435. The van der Waals surface area contributed by atoms with E-state index in [4.69, 9.17) is 0 Å². The second kappa shape index (κ2) is 5.27. The van der Waals surface area contributed by atoms with E-state index < -0.39 is 11.6 Å². The Bertz CT molecular complexity index is 564. The number of hydrogen-bond donors (Lipinski definition) is 1. The SMILES string of the molecule is CNCc1ccc(-c2ccc(F)cc2F)c(C)c1. The van der Waals surface area contributed by atoms with Gasteiger partial charge in [0.2, 0.25) is 0 Å². The molecule has 2 aromatic rings. The highest BCUT2D eigenvalue weighted by atomic mass is 19.1. The molecule has 0 saturated carbocycles. The van der Waals surface area contributed by atoms with E-state index >= 15 is 0 Å². The molecule has 18 heavy (non-hydrogen) atoms. The maximum atomic E-state index is 13.7. The van der Waals surface area contributed by atoms with Crippen LogP contribution in [-0.2, 0) is 6.54 Å². The molecule has 0 aliphatic heterocycles. The van der Waals surface area contributed by atoms with Crippen molar-refractivity contribution in [3.05, 3.63) is 59.2 Å². The van der Waals surface area contributed by atoms with Gasteiger partial charge in [0.15, 0.2) is 0 Å². The lowest BCUT2D eigenvalue weighted by molar-refractivity contribution is 0.585. The van der Waals surface area contributed by atoms with Gasteiger partial charge in [-0.1, -0.05) is 18.2 Å². The molecule has 0 amide bonds. The van der Waals surface area contributed by atoms with E-state index in [1.54, 1.807) is 0 Å². The minimum atomic E-state index is -0.555. The van der Waals surface area contributed by atoms with Crippen LogP contribution in [0.15, 0.2) is 36.4 Å². The van der Waals surface area contributed by atoms with Crippen LogP contribution in [0.3, 0.4) is 0 Å². The summed E-state index contributed by atoms with van der Waals surface area (Å²) in [6.07, 6.45) is 0. The Balaban J connectivity index is 2.44. The number of halogens is 2. The molecular weight excluding hydrogens is 232 g/mol. The molecule has 0 saturated heterocycles. The van der Waals surface area contributed by atoms with Crippen molar-refractivity contribution >= 4 is 0 Å². The van der Waals surface area contributed by atoms with Gasteiger partial charge in [-0.25, -0.2) is 8.78 Å². The average molecular weight is 247 g/mol. The first-order valence-corrected chi connectivity index (χ1v) is 5.81. The second-order valence-electron chi connectivity index (χ2n) is 4.30. The summed E-state index contributed by atoms with van der Waals surface area (Å²) in [5, 5.41) is 3.07. The normalized spacial score (nSPS) is 10.7. The third-order valence-electron chi connectivity index (χ3n) is 2.89. The standard InChI is InChI=1S/C15H15F2N/c1-10-7-11(9-18-2)3-5-13(10)14-6-4-12(16)8-15(14)17/h3-8,18H,9H2,1-2H3. The highest BCUT2D eigenvalue weighted by Crippen LogP contribution is 2.27. The van der Waals surface area contributed by atoms with E-state index in [0.717, 1.165) is 29.3 Å². The molecule has 0 spiro atoms. The quantitative estimate of drug-likeness (QED) is 0.872. The van der Waals surface area contributed by atoms with Gasteiger partial charge in [0.05, 0.1) is 0 Å². The topological polar surface area (TPSA) is 12.0 Å². The average Bonchev–Trinajstić information content (AvgIpc) is 2.31. The maximum Gasteiger partial charge on any atom is 0.133 e. The Labute approximate surface area is 105 Å². The molecular formula is C15H15F2N. The summed E-state index contributed by atoms with van der Waals surface area (Å²) in [7, 11) is 1.88.